The molecule has 0 aliphatic carbocycles. The summed E-state index contributed by atoms with van der Waals surface area (Å²) in [5, 5.41) is 8.49. The highest BCUT2D eigenvalue weighted by molar-refractivity contribution is 5.66. The van der Waals surface area contributed by atoms with Crippen molar-refractivity contribution in [2.24, 2.45) is 0 Å². The van der Waals surface area contributed by atoms with Crippen LogP contribution in [0.15, 0.2) is 36.8 Å². The Kier molecular flexibility index (Phi) is 15.4. The molecule has 0 fully saturated rings. The van der Waals surface area contributed by atoms with Gasteiger partial charge in [-0.3, -0.25) is 4.79 Å². The predicted molar refractivity (Wildman–Crippen MR) is 88.0 cm³/mol. The third kappa shape index (κ3) is 18.5. The number of aliphatic carboxylic acids is 1. The second kappa shape index (κ2) is 16.5. The third-order valence-electron chi connectivity index (χ3n) is 3.06. The first-order valence-corrected chi connectivity index (χ1v) is 8.11. The molecule has 0 saturated carbocycles. The number of carboxylic acid groups (broad SMARTS) is 1. The van der Waals surface area contributed by atoms with Gasteiger partial charge in [0.1, 0.15) is 0 Å². The maximum Gasteiger partial charge on any atom is 0.303 e. The van der Waals surface area contributed by atoms with Crippen LogP contribution in [0, 0.1) is 0 Å². The zero-order valence-electron chi connectivity index (χ0n) is 13.3. The van der Waals surface area contributed by atoms with E-state index in [1.54, 1.807) is 12.5 Å². The Morgan fingerprint density at radius 2 is 1.62 bits per heavy atom. The average Bonchev–Trinajstić information content (AvgIpc) is 2.46. The zero-order valence-corrected chi connectivity index (χ0v) is 13.3. The van der Waals surface area contributed by atoms with E-state index in [0.29, 0.717) is 0 Å². The minimum Gasteiger partial charge on any atom is -0.481 e. The van der Waals surface area contributed by atoms with Crippen molar-refractivity contribution >= 4 is 5.97 Å². The molecule has 0 atom stereocenters. The first-order chi connectivity index (χ1) is 10.3. The maximum absolute atomic E-state index is 10.3. The van der Waals surface area contributed by atoms with Gasteiger partial charge in [-0.2, -0.15) is 0 Å². The molecular formula is C18H30O3. The summed E-state index contributed by atoms with van der Waals surface area (Å²) in [5.74, 6) is -0.700. The molecule has 120 valence electrons. The number of allylic oxidation sites excluding steroid dienone is 4. The SMILES string of the molecule is CCCCCC=CC=COC=CCCCCCCC(=O)O. The Morgan fingerprint density at radius 1 is 0.905 bits per heavy atom. The van der Waals surface area contributed by atoms with Gasteiger partial charge in [0.2, 0.25) is 0 Å². The lowest BCUT2D eigenvalue weighted by Crippen LogP contribution is -1.93. The number of unbranched alkanes of at least 4 members (excludes halogenated alkanes) is 7. The van der Waals surface area contributed by atoms with Crippen molar-refractivity contribution < 1.29 is 14.6 Å². The number of rotatable bonds is 14. The van der Waals surface area contributed by atoms with Gasteiger partial charge < -0.3 is 9.84 Å². The summed E-state index contributed by atoms with van der Waals surface area (Å²) in [4.78, 5) is 10.3. The first kappa shape index (κ1) is 19.5. The minimum atomic E-state index is -0.700. The summed E-state index contributed by atoms with van der Waals surface area (Å²) in [6.45, 7) is 2.21. The number of hydrogen-bond donors (Lipinski definition) is 1. The fourth-order valence-corrected chi connectivity index (χ4v) is 1.84. The average molecular weight is 294 g/mol. The summed E-state index contributed by atoms with van der Waals surface area (Å²) in [6, 6.07) is 0. The van der Waals surface area contributed by atoms with Gasteiger partial charge in [-0.25, -0.2) is 0 Å². The fraction of sp³-hybridized carbons (Fsp3) is 0.611. The Hall–Kier alpha value is -1.51. The van der Waals surface area contributed by atoms with Gasteiger partial charge in [0.25, 0.3) is 0 Å². The minimum absolute atomic E-state index is 0.287. The molecule has 0 aromatic rings. The molecule has 0 unspecified atom stereocenters. The van der Waals surface area contributed by atoms with Gasteiger partial charge in [0, 0.05) is 6.42 Å². The van der Waals surface area contributed by atoms with Gasteiger partial charge in [0.15, 0.2) is 0 Å². The normalized spacial score (nSPS) is 11.9. The van der Waals surface area contributed by atoms with Crippen molar-refractivity contribution in [1.29, 1.82) is 0 Å². The highest BCUT2D eigenvalue weighted by Gasteiger charge is 1.95. The van der Waals surface area contributed by atoms with E-state index in [2.05, 4.69) is 13.0 Å². The molecule has 0 radical (unpaired) electrons. The summed E-state index contributed by atoms with van der Waals surface area (Å²) >= 11 is 0. The van der Waals surface area contributed by atoms with Crippen molar-refractivity contribution in [3.8, 4) is 0 Å². The Labute approximate surface area is 129 Å². The highest BCUT2D eigenvalue weighted by atomic mass is 16.5. The lowest BCUT2D eigenvalue weighted by Gasteiger charge is -1.96. The van der Waals surface area contributed by atoms with E-state index in [1.807, 2.05) is 18.2 Å². The van der Waals surface area contributed by atoms with Gasteiger partial charge >= 0.3 is 5.97 Å². The summed E-state index contributed by atoms with van der Waals surface area (Å²) in [7, 11) is 0. The van der Waals surface area contributed by atoms with Crippen LogP contribution in [0.1, 0.15) is 71.1 Å². The van der Waals surface area contributed by atoms with Crippen molar-refractivity contribution in [2.75, 3.05) is 0 Å². The van der Waals surface area contributed by atoms with Gasteiger partial charge in [0.05, 0.1) is 12.5 Å². The molecule has 0 heterocycles. The second-order valence-corrected chi connectivity index (χ2v) is 5.11. The molecule has 3 heteroatoms. The van der Waals surface area contributed by atoms with Crippen LogP contribution < -0.4 is 0 Å². The molecule has 3 nitrogen and oxygen atoms in total. The summed E-state index contributed by atoms with van der Waals surface area (Å²) < 4.78 is 5.23. The lowest BCUT2D eigenvalue weighted by molar-refractivity contribution is -0.137. The van der Waals surface area contributed by atoms with Crippen LogP contribution in [0.5, 0.6) is 0 Å². The van der Waals surface area contributed by atoms with E-state index in [-0.39, 0.29) is 6.42 Å². The Balaban J connectivity index is 3.30. The Bertz CT molecular complexity index is 316. The van der Waals surface area contributed by atoms with E-state index in [0.717, 1.165) is 38.5 Å². The molecule has 21 heavy (non-hydrogen) atoms. The molecule has 0 aromatic carbocycles. The largest absolute Gasteiger partial charge is 0.481 e. The van der Waals surface area contributed by atoms with Gasteiger partial charge in [-0.05, 0) is 44.3 Å². The molecule has 0 aromatic heterocycles. The van der Waals surface area contributed by atoms with Crippen LogP contribution in [0.2, 0.25) is 0 Å². The third-order valence-corrected chi connectivity index (χ3v) is 3.06. The second-order valence-electron chi connectivity index (χ2n) is 5.11. The number of carboxylic acids is 1. The molecule has 1 N–H and O–H groups in total. The van der Waals surface area contributed by atoms with Crippen molar-refractivity contribution in [2.45, 2.75) is 71.1 Å². The standard InChI is InChI=1S/C18H30O3/c1-2-3-4-5-7-10-13-16-21-17-14-11-8-6-9-12-15-18(19)20/h7,10,13-14,16-17H,2-6,8-9,11-12,15H2,1H3,(H,19,20). The van der Waals surface area contributed by atoms with Gasteiger partial charge in [-0.15, -0.1) is 0 Å². The van der Waals surface area contributed by atoms with Crippen LogP contribution in [0.25, 0.3) is 0 Å². The number of hydrogen-bond acceptors (Lipinski definition) is 2. The topological polar surface area (TPSA) is 46.5 Å². The quantitative estimate of drug-likeness (QED) is 0.258. The highest BCUT2D eigenvalue weighted by Crippen LogP contribution is 2.06. The van der Waals surface area contributed by atoms with Crippen LogP contribution in [-0.4, -0.2) is 11.1 Å². The van der Waals surface area contributed by atoms with Gasteiger partial charge in [-0.1, -0.05) is 44.8 Å². The molecule has 0 rings (SSSR count). The summed E-state index contributed by atoms with van der Waals surface area (Å²) in [6.07, 6.45) is 21.6. The lowest BCUT2D eigenvalue weighted by atomic mass is 10.1. The van der Waals surface area contributed by atoms with Crippen LogP contribution in [-0.2, 0) is 9.53 Å². The van der Waals surface area contributed by atoms with Crippen LogP contribution in [0.3, 0.4) is 0 Å². The Morgan fingerprint density at radius 3 is 2.38 bits per heavy atom. The van der Waals surface area contributed by atoms with Crippen LogP contribution in [0.4, 0.5) is 0 Å². The first-order valence-electron chi connectivity index (χ1n) is 8.11. The molecule has 0 saturated heterocycles. The van der Waals surface area contributed by atoms with E-state index in [1.165, 1.54) is 19.3 Å². The molecule has 0 spiro atoms. The van der Waals surface area contributed by atoms with E-state index in [9.17, 15) is 4.79 Å². The molecule has 0 amide bonds. The van der Waals surface area contributed by atoms with Crippen molar-refractivity contribution in [1.82, 2.24) is 0 Å². The van der Waals surface area contributed by atoms with E-state index in [4.69, 9.17) is 9.84 Å². The molecular weight excluding hydrogens is 264 g/mol. The predicted octanol–water partition coefficient (Wildman–Crippen LogP) is 5.59. The monoisotopic (exact) mass is 294 g/mol. The van der Waals surface area contributed by atoms with Crippen molar-refractivity contribution in [3.63, 3.8) is 0 Å². The molecule has 0 bridgehead atoms. The smallest absolute Gasteiger partial charge is 0.303 e. The summed E-state index contributed by atoms with van der Waals surface area (Å²) in [5.41, 5.74) is 0. The van der Waals surface area contributed by atoms with E-state index < -0.39 is 5.97 Å². The van der Waals surface area contributed by atoms with Crippen molar-refractivity contribution in [3.05, 3.63) is 36.8 Å². The number of carbonyl (C=O) groups is 1. The maximum atomic E-state index is 10.3. The zero-order chi connectivity index (χ0) is 15.6. The molecule has 0 aliphatic heterocycles. The molecule has 0 aliphatic rings. The fourth-order valence-electron chi connectivity index (χ4n) is 1.84. The van der Waals surface area contributed by atoms with Crippen LogP contribution >= 0.6 is 0 Å². The van der Waals surface area contributed by atoms with E-state index >= 15 is 0 Å². The number of ether oxygens (including phenoxy) is 1.